The van der Waals surface area contributed by atoms with Crippen LogP contribution in [0.1, 0.15) is 31.2 Å². The number of rotatable bonds is 11. The summed E-state index contributed by atoms with van der Waals surface area (Å²) in [7, 11) is -0.116. The van der Waals surface area contributed by atoms with Crippen molar-refractivity contribution in [2.75, 3.05) is 20.3 Å². The van der Waals surface area contributed by atoms with Gasteiger partial charge < -0.3 is 18.9 Å². The van der Waals surface area contributed by atoms with Crippen molar-refractivity contribution in [2.45, 2.75) is 76.5 Å². The Morgan fingerprint density at radius 1 is 1.22 bits per heavy atom. The molecule has 2 unspecified atom stereocenters. The van der Waals surface area contributed by atoms with Crippen molar-refractivity contribution in [3.05, 3.63) is 22.1 Å². The maximum absolute atomic E-state index is 13.7. The van der Waals surface area contributed by atoms with Crippen LogP contribution in [0.4, 0.5) is 13.2 Å². The standard InChI is InChI=1S/C20H31F3N2O6Si/c1-28-17(26)8-9-30-14-6-5-7-15(14)31-16-12-24-25(13-29-10-11-32(2,3)4)19(27)18(16)20(21,22)23/h12,14-15H,5-11,13H2,1-4H3. The molecule has 0 aromatic carbocycles. The van der Waals surface area contributed by atoms with Crippen molar-refractivity contribution in [1.29, 1.82) is 0 Å². The summed E-state index contributed by atoms with van der Waals surface area (Å²) in [4.78, 5) is 23.7. The lowest BCUT2D eigenvalue weighted by Gasteiger charge is -2.23. The Balaban J connectivity index is 2.11. The van der Waals surface area contributed by atoms with Crippen LogP contribution in [0.3, 0.4) is 0 Å². The number of carbonyl (C=O) groups excluding carboxylic acids is 1. The van der Waals surface area contributed by atoms with E-state index in [-0.39, 0.29) is 19.8 Å². The number of hydrogen-bond donors (Lipinski definition) is 0. The Morgan fingerprint density at radius 2 is 1.91 bits per heavy atom. The van der Waals surface area contributed by atoms with Crippen LogP contribution in [-0.4, -0.2) is 56.4 Å². The molecule has 2 rings (SSSR count). The molecule has 8 nitrogen and oxygen atoms in total. The number of alkyl halides is 3. The van der Waals surface area contributed by atoms with E-state index in [0.29, 0.717) is 30.6 Å². The van der Waals surface area contributed by atoms with Crippen molar-refractivity contribution in [2.24, 2.45) is 0 Å². The molecule has 0 aliphatic heterocycles. The molecule has 182 valence electrons. The topological polar surface area (TPSA) is 88.9 Å². The average Bonchev–Trinajstić information content (AvgIpc) is 3.11. The van der Waals surface area contributed by atoms with E-state index in [1.807, 2.05) is 0 Å². The SMILES string of the molecule is COC(=O)CCOC1CCCC1Oc1cnn(COCC[Si](C)(C)C)c(=O)c1C(F)(F)F. The van der Waals surface area contributed by atoms with Crippen LogP contribution in [0.5, 0.6) is 5.75 Å². The fourth-order valence-corrected chi connectivity index (χ4v) is 3.98. The molecule has 1 aliphatic carbocycles. The molecule has 1 heterocycles. The fraction of sp³-hybridized carbons (Fsp3) is 0.750. The number of hydrogen-bond acceptors (Lipinski definition) is 7. The van der Waals surface area contributed by atoms with Crippen LogP contribution in [0, 0.1) is 0 Å². The summed E-state index contributed by atoms with van der Waals surface area (Å²) < 4.78 is 62.8. The van der Waals surface area contributed by atoms with Gasteiger partial charge in [-0.3, -0.25) is 9.59 Å². The molecule has 0 bridgehead atoms. The van der Waals surface area contributed by atoms with Gasteiger partial charge in [0.1, 0.15) is 12.8 Å². The minimum Gasteiger partial charge on any atom is -0.485 e. The van der Waals surface area contributed by atoms with Gasteiger partial charge in [0.15, 0.2) is 11.3 Å². The second-order valence-electron chi connectivity index (χ2n) is 8.86. The highest BCUT2D eigenvalue weighted by Crippen LogP contribution is 2.35. The van der Waals surface area contributed by atoms with Gasteiger partial charge in [-0.15, -0.1) is 0 Å². The van der Waals surface area contributed by atoms with Crippen molar-refractivity contribution < 1.29 is 36.9 Å². The van der Waals surface area contributed by atoms with Gasteiger partial charge in [-0.05, 0) is 25.3 Å². The molecular formula is C20H31F3N2O6Si. The fourth-order valence-electron chi connectivity index (χ4n) is 3.22. The minimum absolute atomic E-state index is 0.0306. The number of halogens is 3. The summed E-state index contributed by atoms with van der Waals surface area (Å²) in [5, 5.41) is 3.81. The first kappa shape index (κ1) is 26.3. The molecule has 0 spiro atoms. The summed E-state index contributed by atoms with van der Waals surface area (Å²) >= 11 is 0. The molecule has 1 saturated carbocycles. The van der Waals surface area contributed by atoms with Gasteiger partial charge in [0.2, 0.25) is 0 Å². The van der Waals surface area contributed by atoms with Gasteiger partial charge in [-0.2, -0.15) is 18.3 Å². The van der Waals surface area contributed by atoms with Crippen molar-refractivity contribution in [1.82, 2.24) is 9.78 Å². The number of nitrogens with zero attached hydrogens (tertiary/aromatic N) is 2. The Kier molecular flexibility index (Phi) is 9.28. The van der Waals surface area contributed by atoms with Crippen LogP contribution >= 0.6 is 0 Å². The molecule has 1 fully saturated rings. The summed E-state index contributed by atoms with van der Waals surface area (Å²) in [5.74, 6) is -1.07. The van der Waals surface area contributed by atoms with Crippen LogP contribution in [-0.2, 0) is 31.9 Å². The Morgan fingerprint density at radius 3 is 2.53 bits per heavy atom. The molecule has 0 N–H and O–H groups in total. The lowest BCUT2D eigenvalue weighted by Crippen LogP contribution is -2.35. The van der Waals surface area contributed by atoms with Crippen molar-refractivity contribution in [3.8, 4) is 5.75 Å². The zero-order chi connectivity index (χ0) is 23.9. The highest BCUT2D eigenvalue weighted by atomic mass is 28.3. The number of methoxy groups -OCH3 is 1. The van der Waals surface area contributed by atoms with Gasteiger partial charge in [-0.1, -0.05) is 19.6 Å². The number of ether oxygens (including phenoxy) is 4. The molecule has 0 saturated heterocycles. The van der Waals surface area contributed by atoms with Gasteiger partial charge >= 0.3 is 12.1 Å². The minimum atomic E-state index is -4.92. The molecule has 1 aliphatic rings. The quantitative estimate of drug-likeness (QED) is 0.272. The lowest BCUT2D eigenvalue weighted by molar-refractivity contribution is -0.144. The van der Waals surface area contributed by atoms with Gasteiger partial charge in [0.25, 0.3) is 5.56 Å². The maximum atomic E-state index is 13.7. The molecule has 2 atom stereocenters. The largest absolute Gasteiger partial charge is 0.485 e. The van der Waals surface area contributed by atoms with E-state index in [2.05, 4.69) is 29.5 Å². The van der Waals surface area contributed by atoms with Gasteiger partial charge in [-0.25, -0.2) is 4.68 Å². The first-order valence-electron chi connectivity index (χ1n) is 10.5. The smallest absolute Gasteiger partial charge is 0.425 e. The van der Waals surface area contributed by atoms with Gasteiger partial charge in [0.05, 0.1) is 32.4 Å². The van der Waals surface area contributed by atoms with Crippen LogP contribution < -0.4 is 10.3 Å². The van der Waals surface area contributed by atoms with Crippen molar-refractivity contribution >= 4 is 14.0 Å². The first-order chi connectivity index (χ1) is 14.9. The van der Waals surface area contributed by atoms with E-state index in [1.54, 1.807) is 0 Å². The van der Waals surface area contributed by atoms with Crippen LogP contribution in [0.2, 0.25) is 25.7 Å². The molecule has 32 heavy (non-hydrogen) atoms. The van der Waals surface area contributed by atoms with E-state index >= 15 is 0 Å². The monoisotopic (exact) mass is 480 g/mol. The number of carbonyl (C=O) groups is 1. The maximum Gasteiger partial charge on any atom is 0.425 e. The number of aromatic nitrogens is 2. The summed E-state index contributed by atoms with van der Waals surface area (Å²) in [6, 6.07) is 0.814. The van der Waals surface area contributed by atoms with E-state index in [1.165, 1.54) is 7.11 Å². The summed E-state index contributed by atoms with van der Waals surface area (Å²) in [6.07, 6.45) is -3.45. The predicted molar refractivity (Wildman–Crippen MR) is 112 cm³/mol. The summed E-state index contributed by atoms with van der Waals surface area (Å²) in [6.45, 7) is 6.47. The molecule has 0 amide bonds. The third-order valence-corrected chi connectivity index (χ3v) is 6.74. The summed E-state index contributed by atoms with van der Waals surface area (Å²) in [5.41, 5.74) is -2.73. The second-order valence-corrected chi connectivity index (χ2v) is 14.5. The number of esters is 1. The highest BCUT2D eigenvalue weighted by Gasteiger charge is 2.41. The molecular weight excluding hydrogens is 449 g/mol. The Bertz CT molecular complexity index is 825. The lowest BCUT2D eigenvalue weighted by atomic mass is 10.2. The van der Waals surface area contributed by atoms with E-state index < -0.39 is 49.3 Å². The first-order valence-corrected chi connectivity index (χ1v) is 14.2. The zero-order valence-corrected chi connectivity index (χ0v) is 19.9. The highest BCUT2D eigenvalue weighted by molar-refractivity contribution is 6.76. The molecule has 1 aromatic heterocycles. The van der Waals surface area contributed by atoms with Crippen LogP contribution in [0.15, 0.2) is 11.0 Å². The predicted octanol–water partition coefficient (Wildman–Crippen LogP) is 3.45. The van der Waals surface area contributed by atoms with Crippen molar-refractivity contribution in [3.63, 3.8) is 0 Å². The third kappa shape index (κ3) is 7.89. The molecule has 12 heteroatoms. The normalized spacial score (nSPS) is 19.2. The van der Waals surface area contributed by atoms with E-state index in [4.69, 9.17) is 14.2 Å². The third-order valence-electron chi connectivity index (χ3n) is 5.04. The van der Waals surface area contributed by atoms with E-state index in [0.717, 1.165) is 12.2 Å². The zero-order valence-electron chi connectivity index (χ0n) is 18.9. The molecule has 0 radical (unpaired) electrons. The van der Waals surface area contributed by atoms with E-state index in [9.17, 15) is 22.8 Å². The average molecular weight is 481 g/mol. The Labute approximate surface area is 186 Å². The second kappa shape index (κ2) is 11.3. The Hall–Kier alpha value is -1.92. The van der Waals surface area contributed by atoms with Gasteiger partial charge in [0, 0.05) is 14.7 Å². The van der Waals surface area contributed by atoms with Crippen LogP contribution in [0.25, 0.3) is 0 Å². The molecule has 1 aromatic rings.